The zero-order valence-electron chi connectivity index (χ0n) is 11.9. The normalized spacial score (nSPS) is 15.9. The first-order chi connectivity index (χ1) is 9.49. The number of aryl methyl sites for hydroxylation is 1. The Morgan fingerprint density at radius 2 is 2.05 bits per heavy atom. The van der Waals surface area contributed by atoms with E-state index in [4.69, 9.17) is 18.0 Å². The van der Waals surface area contributed by atoms with Crippen LogP contribution < -0.4 is 10.6 Å². The molecule has 1 aliphatic heterocycles. The lowest BCUT2D eigenvalue weighted by Gasteiger charge is -2.24. The molecule has 0 atom stereocenters. The van der Waals surface area contributed by atoms with E-state index in [1.165, 1.54) is 0 Å². The molecule has 0 unspecified atom stereocenters. The maximum absolute atomic E-state index is 11.5. The second-order valence-electron chi connectivity index (χ2n) is 5.03. The molecule has 0 saturated carbocycles. The molecule has 108 valence electrons. The van der Waals surface area contributed by atoms with Crippen molar-refractivity contribution >= 4 is 28.9 Å². The van der Waals surface area contributed by atoms with Crippen molar-refractivity contribution in [2.75, 3.05) is 31.1 Å². The minimum absolute atomic E-state index is 0.124. The summed E-state index contributed by atoms with van der Waals surface area (Å²) in [5.41, 5.74) is 7.53. The predicted molar refractivity (Wildman–Crippen MR) is 83.9 cm³/mol. The van der Waals surface area contributed by atoms with Crippen molar-refractivity contribution in [3.8, 4) is 0 Å². The second kappa shape index (κ2) is 6.17. The molecule has 0 aromatic carbocycles. The van der Waals surface area contributed by atoms with E-state index < -0.39 is 0 Å². The minimum Gasteiger partial charge on any atom is -0.389 e. The molecule has 2 rings (SSSR count). The molecule has 20 heavy (non-hydrogen) atoms. The molecular formula is C14H20N4OS. The van der Waals surface area contributed by atoms with E-state index in [1.807, 2.05) is 24.0 Å². The number of nitrogens with zero attached hydrogens (tertiary/aromatic N) is 3. The van der Waals surface area contributed by atoms with Crippen LogP contribution in [0.1, 0.15) is 24.6 Å². The van der Waals surface area contributed by atoms with E-state index in [2.05, 4.69) is 9.88 Å². The van der Waals surface area contributed by atoms with Gasteiger partial charge in [-0.05, 0) is 25.5 Å². The van der Waals surface area contributed by atoms with Gasteiger partial charge in [0.1, 0.15) is 10.8 Å². The summed E-state index contributed by atoms with van der Waals surface area (Å²) >= 11 is 5.11. The monoisotopic (exact) mass is 292 g/mol. The van der Waals surface area contributed by atoms with Gasteiger partial charge in [0.25, 0.3) is 0 Å². The number of rotatable bonds is 2. The first kappa shape index (κ1) is 14.7. The van der Waals surface area contributed by atoms with Gasteiger partial charge in [-0.3, -0.25) is 4.79 Å². The number of carbonyl (C=O) groups is 1. The Morgan fingerprint density at radius 1 is 1.30 bits per heavy atom. The van der Waals surface area contributed by atoms with Gasteiger partial charge >= 0.3 is 0 Å². The fraction of sp³-hybridized carbons (Fsp3) is 0.500. The van der Waals surface area contributed by atoms with Crippen molar-refractivity contribution in [3.63, 3.8) is 0 Å². The highest BCUT2D eigenvalue weighted by Crippen LogP contribution is 2.20. The summed E-state index contributed by atoms with van der Waals surface area (Å²) in [7, 11) is 0. The zero-order valence-corrected chi connectivity index (χ0v) is 12.7. The van der Waals surface area contributed by atoms with Crippen molar-refractivity contribution < 1.29 is 4.79 Å². The van der Waals surface area contributed by atoms with Gasteiger partial charge in [0, 0.05) is 38.8 Å². The third-order valence-electron chi connectivity index (χ3n) is 3.52. The van der Waals surface area contributed by atoms with Crippen molar-refractivity contribution in [1.82, 2.24) is 9.88 Å². The number of aromatic nitrogens is 1. The van der Waals surface area contributed by atoms with Crippen LogP contribution in [0.5, 0.6) is 0 Å². The fourth-order valence-corrected chi connectivity index (χ4v) is 2.58. The highest BCUT2D eigenvalue weighted by atomic mass is 32.1. The Balaban J connectivity index is 2.25. The molecule has 0 spiro atoms. The van der Waals surface area contributed by atoms with Crippen LogP contribution in [0, 0.1) is 6.92 Å². The molecule has 1 saturated heterocycles. The van der Waals surface area contributed by atoms with Crippen LogP contribution in [0.2, 0.25) is 0 Å². The molecule has 1 aliphatic rings. The van der Waals surface area contributed by atoms with Crippen LogP contribution in [0.15, 0.2) is 12.1 Å². The van der Waals surface area contributed by atoms with Crippen LogP contribution in [-0.4, -0.2) is 47.0 Å². The summed E-state index contributed by atoms with van der Waals surface area (Å²) in [6.07, 6.45) is 0.923. The van der Waals surface area contributed by atoms with E-state index >= 15 is 0 Å². The number of carbonyl (C=O) groups excluding carboxylic acids is 1. The van der Waals surface area contributed by atoms with Gasteiger partial charge in [0.15, 0.2) is 0 Å². The van der Waals surface area contributed by atoms with Crippen LogP contribution in [0.3, 0.4) is 0 Å². The molecule has 1 aromatic heterocycles. The van der Waals surface area contributed by atoms with Gasteiger partial charge in [0.2, 0.25) is 5.91 Å². The topological polar surface area (TPSA) is 62.5 Å². The van der Waals surface area contributed by atoms with Gasteiger partial charge < -0.3 is 15.5 Å². The zero-order chi connectivity index (χ0) is 14.7. The lowest BCUT2D eigenvalue weighted by atomic mass is 10.2. The summed E-state index contributed by atoms with van der Waals surface area (Å²) in [4.78, 5) is 20.5. The van der Waals surface area contributed by atoms with Gasteiger partial charge in [-0.1, -0.05) is 12.2 Å². The van der Waals surface area contributed by atoms with Crippen LogP contribution >= 0.6 is 12.2 Å². The van der Waals surface area contributed by atoms with E-state index in [0.29, 0.717) is 11.5 Å². The average Bonchev–Trinajstić information content (AvgIpc) is 2.63. The number of hydrogen-bond acceptors (Lipinski definition) is 4. The maximum atomic E-state index is 11.5. The lowest BCUT2D eigenvalue weighted by Crippen LogP contribution is -2.34. The molecule has 0 aliphatic carbocycles. The molecule has 0 radical (unpaired) electrons. The Kier molecular flexibility index (Phi) is 4.54. The van der Waals surface area contributed by atoms with Gasteiger partial charge in [-0.25, -0.2) is 4.98 Å². The number of thiocarbonyl (C=S) groups is 1. The first-order valence-electron chi connectivity index (χ1n) is 6.77. The third-order valence-corrected chi connectivity index (χ3v) is 3.74. The van der Waals surface area contributed by atoms with Crippen molar-refractivity contribution in [3.05, 3.63) is 23.4 Å². The Hall–Kier alpha value is -1.69. The largest absolute Gasteiger partial charge is 0.389 e. The maximum Gasteiger partial charge on any atom is 0.219 e. The second-order valence-corrected chi connectivity index (χ2v) is 5.47. The highest BCUT2D eigenvalue weighted by molar-refractivity contribution is 7.80. The Labute approximate surface area is 124 Å². The van der Waals surface area contributed by atoms with Crippen molar-refractivity contribution in [1.29, 1.82) is 0 Å². The lowest BCUT2D eigenvalue weighted by molar-refractivity contribution is -0.128. The third kappa shape index (κ3) is 3.25. The number of hydrogen-bond donors (Lipinski definition) is 1. The molecule has 2 N–H and O–H groups in total. The highest BCUT2D eigenvalue weighted by Gasteiger charge is 2.20. The quantitative estimate of drug-likeness (QED) is 0.827. The minimum atomic E-state index is 0.124. The molecule has 1 aromatic rings. The Bertz CT molecular complexity index is 532. The van der Waals surface area contributed by atoms with E-state index in [1.54, 1.807) is 6.92 Å². The summed E-state index contributed by atoms with van der Waals surface area (Å²) < 4.78 is 0. The summed E-state index contributed by atoms with van der Waals surface area (Å²) in [5, 5.41) is 0. The average molecular weight is 292 g/mol. The summed E-state index contributed by atoms with van der Waals surface area (Å²) in [6, 6.07) is 3.84. The molecule has 2 heterocycles. The fourth-order valence-electron chi connectivity index (χ4n) is 2.42. The molecule has 1 fully saturated rings. The SMILES string of the molecule is CC(=O)N1CCCN(c2nc(C)ccc2C(N)=S)CC1. The number of anilines is 1. The summed E-state index contributed by atoms with van der Waals surface area (Å²) in [5.74, 6) is 0.960. The van der Waals surface area contributed by atoms with Crippen molar-refractivity contribution in [2.24, 2.45) is 5.73 Å². The van der Waals surface area contributed by atoms with Gasteiger partial charge in [-0.15, -0.1) is 0 Å². The molecule has 1 amide bonds. The number of amides is 1. The molecular weight excluding hydrogens is 272 g/mol. The Morgan fingerprint density at radius 3 is 2.70 bits per heavy atom. The van der Waals surface area contributed by atoms with Crippen LogP contribution in [0.25, 0.3) is 0 Å². The number of pyridine rings is 1. The molecule has 0 bridgehead atoms. The number of nitrogens with two attached hydrogens (primary N) is 1. The van der Waals surface area contributed by atoms with Gasteiger partial charge in [-0.2, -0.15) is 0 Å². The molecule has 5 nitrogen and oxygen atoms in total. The standard InChI is InChI=1S/C14H20N4OS/c1-10-4-5-12(13(15)20)14(16-10)18-7-3-6-17(8-9-18)11(2)19/h4-5H,3,6-9H2,1-2H3,(H2,15,20). The molecule has 6 heteroatoms. The van der Waals surface area contributed by atoms with Crippen molar-refractivity contribution in [2.45, 2.75) is 20.3 Å². The smallest absolute Gasteiger partial charge is 0.219 e. The first-order valence-corrected chi connectivity index (χ1v) is 7.18. The van der Waals surface area contributed by atoms with Crippen LogP contribution in [0.4, 0.5) is 5.82 Å². The predicted octanol–water partition coefficient (Wildman–Crippen LogP) is 1.08. The van der Waals surface area contributed by atoms with Gasteiger partial charge in [0.05, 0.1) is 5.56 Å². The van der Waals surface area contributed by atoms with E-state index in [0.717, 1.165) is 43.1 Å². The van der Waals surface area contributed by atoms with E-state index in [9.17, 15) is 4.79 Å². The van der Waals surface area contributed by atoms with E-state index in [-0.39, 0.29) is 5.91 Å². The van der Waals surface area contributed by atoms with Crippen LogP contribution in [-0.2, 0) is 4.79 Å². The summed E-state index contributed by atoms with van der Waals surface area (Å²) in [6.45, 7) is 6.68.